The van der Waals surface area contributed by atoms with Crippen molar-refractivity contribution in [2.75, 3.05) is 12.4 Å². The van der Waals surface area contributed by atoms with Crippen LogP contribution in [0.4, 0.5) is 11.5 Å². The summed E-state index contributed by atoms with van der Waals surface area (Å²) in [4.78, 5) is 13.3. The van der Waals surface area contributed by atoms with E-state index in [1.807, 2.05) is 16.8 Å². The molecule has 0 saturated carbocycles. The Morgan fingerprint density at radius 3 is 2.83 bits per heavy atom. The van der Waals surface area contributed by atoms with Gasteiger partial charge in [0.25, 0.3) is 0 Å². The first-order valence-corrected chi connectivity index (χ1v) is 9.76. The van der Waals surface area contributed by atoms with Crippen LogP contribution in [-0.4, -0.2) is 31.8 Å². The third kappa shape index (κ3) is 4.34. The zero-order chi connectivity index (χ0) is 20.1. The summed E-state index contributed by atoms with van der Waals surface area (Å²) in [6, 6.07) is 3.75. The van der Waals surface area contributed by atoms with Gasteiger partial charge in [-0.3, -0.25) is 9.67 Å². The molecule has 1 aliphatic rings. The van der Waals surface area contributed by atoms with E-state index in [2.05, 4.69) is 46.6 Å². The lowest BCUT2D eigenvalue weighted by molar-refractivity contribution is 0.413. The van der Waals surface area contributed by atoms with Crippen molar-refractivity contribution < 1.29 is 4.74 Å². The van der Waals surface area contributed by atoms with Crippen LogP contribution < -0.4 is 10.1 Å². The van der Waals surface area contributed by atoms with E-state index in [-0.39, 0.29) is 0 Å². The fourth-order valence-electron chi connectivity index (χ4n) is 3.28. The van der Waals surface area contributed by atoms with Crippen molar-refractivity contribution in [1.29, 1.82) is 0 Å². The highest BCUT2D eigenvalue weighted by molar-refractivity contribution is 5.65. The van der Waals surface area contributed by atoms with Gasteiger partial charge in [-0.15, -0.1) is 0 Å². The molecule has 1 aliphatic carbocycles. The van der Waals surface area contributed by atoms with Crippen LogP contribution in [0.1, 0.15) is 25.3 Å². The largest absolute Gasteiger partial charge is 0.491 e. The summed E-state index contributed by atoms with van der Waals surface area (Å²) in [5.41, 5.74) is 4.18. The summed E-state index contributed by atoms with van der Waals surface area (Å²) in [5, 5.41) is 8.07. The average molecular weight is 388 g/mol. The van der Waals surface area contributed by atoms with Crippen molar-refractivity contribution in [3.05, 3.63) is 66.3 Å². The Balaban J connectivity index is 1.66. The minimum Gasteiger partial charge on any atom is -0.491 e. The van der Waals surface area contributed by atoms with Crippen LogP contribution >= 0.6 is 0 Å². The molecule has 7 heteroatoms. The van der Waals surface area contributed by atoms with Crippen LogP contribution in [0.2, 0.25) is 0 Å². The second kappa shape index (κ2) is 8.68. The molecule has 0 atom stereocenters. The minimum absolute atomic E-state index is 0.571. The van der Waals surface area contributed by atoms with Gasteiger partial charge in [-0.1, -0.05) is 25.2 Å². The molecule has 3 aromatic rings. The number of aryl methyl sites for hydroxylation is 1. The Morgan fingerprint density at radius 2 is 2.10 bits per heavy atom. The number of aromatic nitrogens is 5. The Bertz CT molecular complexity index is 1040. The van der Waals surface area contributed by atoms with E-state index >= 15 is 0 Å². The van der Waals surface area contributed by atoms with Crippen LogP contribution in [0, 0.1) is 0 Å². The van der Waals surface area contributed by atoms with E-state index in [1.54, 1.807) is 25.7 Å². The highest BCUT2D eigenvalue weighted by Gasteiger charge is 2.16. The molecular formula is C22H24N6O. The van der Waals surface area contributed by atoms with E-state index in [1.165, 1.54) is 5.57 Å². The smallest absolute Gasteiger partial charge is 0.182 e. The van der Waals surface area contributed by atoms with Gasteiger partial charge in [0, 0.05) is 29.8 Å². The van der Waals surface area contributed by atoms with Crippen LogP contribution in [0.3, 0.4) is 0 Å². The summed E-state index contributed by atoms with van der Waals surface area (Å²) in [5.74, 6) is 1.75. The fourth-order valence-corrected chi connectivity index (χ4v) is 3.28. The Labute approximate surface area is 170 Å². The van der Waals surface area contributed by atoms with Gasteiger partial charge >= 0.3 is 0 Å². The van der Waals surface area contributed by atoms with Gasteiger partial charge in [-0.05, 0) is 37.0 Å². The molecule has 0 aromatic carbocycles. The summed E-state index contributed by atoms with van der Waals surface area (Å²) >= 11 is 0. The van der Waals surface area contributed by atoms with Crippen molar-refractivity contribution in [1.82, 2.24) is 24.7 Å². The van der Waals surface area contributed by atoms with Crippen molar-refractivity contribution in [2.45, 2.75) is 32.7 Å². The molecule has 29 heavy (non-hydrogen) atoms. The molecule has 148 valence electrons. The van der Waals surface area contributed by atoms with Crippen LogP contribution in [0.15, 0.2) is 60.7 Å². The molecule has 0 unspecified atom stereocenters. The number of nitrogens with zero attached hydrogens (tertiary/aromatic N) is 5. The van der Waals surface area contributed by atoms with Gasteiger partial charge in [-0.25, -0.2) is 9.97 Å². The number of hydrogen-bond acceptors (Lipinski definition) is 6. The van der Waals surface area contributed by atoms with Gasteiger partial charge in [0.15, 0.2) is 17.4 Å². The molecule has 0 fully saturated rings. The molecule has 3 heterocycles. The van der Waals surface area contributed by atoms with Crippen LogP contribution in [0.25, 0.3) is 11.5 Å². The van der Waals surface area contributed by atoms with Gasteiger partial charge in [0.2, 0.25) is 0 Å². The molecule has 3 aromatic heterocycles. The Kier molecular flexibility index (Phi) is 5.65. The highest BCUT2D eigenvalue weighted by Crippen LogP contribution is 2.28. The van der Waals surface area contributed by atoms with Crippen molar-refractivity contribution >= 4 is 11.5 Å². The number of ether oxygens (including phenoxy) is 1. The molecule has 0 radical (unpaired) electrons. The number of nitrogens with one attached hydrogen (secondary N) is 1. The maximum atomic E-state index is 5.43. The topological polar surface area (TPSA) is 77.8 Å². The number of pyridine rings is 1. The van der Waals surface area contributed by atoms with Gasteiger partial charge in [0.1, 0.15) is 5.69 Å². The predicted octanol–water partition coefficient (Wildman–Crippen LogP) is 4.33. The quantitative estimate of drug-likeness (QED) is 0.649. The first-order chi connectivity index (χ1) is 14.3. The first-order valence-electron chi connectivity index (χ1n) is 9.76. The monoisotopic (exact) mass is 388 g/mol. The molecule has 1 N–H and O–H groups in total. The summed E-state index contributed by atoms with van der Waals surface area (Å²) in [6.45, 7) is 2.91. The van der Waals surface area contributed by atoms with Crippen LogP contribution in [0.5, 0.6) is 5.75 Å². The lowest BCUT2D eigenvalue weighted by Gasteiger charge is -2.11. The molecule has 0 bridgehead atoms. The number of rotatable bonds is 7. The van der Waals surface area contributed by atoms with Crippen molar-refractivity contribution in [3.63, 3.8) is 0 Å². The first kappa shape index (κ1) is 18.9. The number of anilines is 2. The zero-order valence-corrected chi connectivity index (χ0v) is 16.7. The summed E-state index contributed by atoms with van der Waals surface area (Å²) in [7, 11) is 1.61. The number of hydrogen-bond donors (Lipinski definition) is 1. The maximum Gasteiger partial charge on any atom is 0.182 e. The highest BCUT2D eigenvalue weighted by atomic mass is 16.5. The molecule has 0 spiro atoms. The van der Waals surface area contributed by atoms with E-state index < -0.39 is 0 Å². The second-order valence-electron chi connectivity index (χ2n) is 6.82. The molecule has 7 nitrogen and oxygen atoms in total. The standard InChI is InChI=1S/C22H24N6O/c1-3-17-15-28(14-16-7-5-4-6-8-16)27-20(17)22-24-13-19(29-2)21(26-22)25-18-9-11-23-12-10-18/h4-5,7,9-13,15H,3,6,8,14H2,1-2H3,(H,23,24,25,26). The Morgan fingerprint density at radius 1 is 1.24 bits per heavy atom. The third-order valence-corrected chi connectivity index (χ3v) is 4.81. The molecule has 0 aliphatic heterocycles. The zero-order valence-electron chi connectivity index (χ0n) is 16.7. The second-order valence-corrected chi connectivity index (χ2v) is 6.82. The third-order valence-electron chi connectivity index (χ3n) is 4.81. The van der Waals surface area contributed by atoms with E-state index in [0.29, 0.717) is 17.4 Å². The van der Waals surface area contributed by atoms with E-state index in [0.717, 1.165) is 42.8 Å². The molecule has 0 saturated heterocycles. The maximum absolute atomic E-state index is 5.43. The minimum atomic E-state index is 0.571. The lowest BCUT2D eigenvalue weighted by Crippen LogP contribution is -2.04. The number of allylic oxidation sites excluding steroid dienone is 4. The van der Waals surface area contributed by atoms with Crippen molar-refractivity contribution in [2.24, 2.45) is 0 Å². The summed E-state index contributed by atoms with van der Waals surface area (Å²) < 4.78 is 7.42. The predicted molar refractivity (Wildman–Crippen MR) is 113 cm³/mol. The average Bonchev–Trinajstić information content (AvgIpc) is 3.18. The SMILES string of the molecule is CCc1cn(CC2=CC=CCC2)nc1-c1ncc(OC)c(Nc2ccncc2)n1. The van der Waals surface area contributed by atoms with E-state index in [4.69, 9.17) is 14.8 Å². The van der Waals surface area contributed by atoms with Gasteiger partial charge in [0.05, 0.1) is 19.9 Å². The van der Waals surface area contributed by atoms with Gasteiger partial charge < -0.3 is 10.1 Å². The Hall–Kier alpha value is -3.48. The van der Waals surface area contributed by atoms with Crippen molar-refractivity contribution in [3.8, 4) is 17.3 Å². The van der Waals surface area contributed by atoms with Crippen LogP contribution in [-0.2, 0) is 13.0 Å². The molecule has 0 amide bonds. The fraction of sp³-hybridized carbons (Fsp3) is 0.273. The molecular weight excluding hydrogens is 364 g/mol. The van der Waals surface area contributed by atoms with Gasteiger partial charge in [-0.2, -0.15) is 5.10 Å². The summed E-state index contributed by atoms with van der Waals surface area (Å²) in [6.07, 6.45) is 16.7. The normalized spacial score (nSPS) is 13.2. The lowest BCUT2D eigenvalue weighted by atomic mass is 10.1. The van der Waals surface area contributed by atoms with E-state index in [9.17, 15) is 0 Å². The number of methoxy groups -OCH3 is 1. The molecule has 4 rings (SSSR count).